The molecule has 1 aromatic carbocycles. The maximum Gasteiger partial charge on any atom is 0.191 e. The number of ether oxygens (including phenoxy) is 2. The molecule has 1 saturated heterocycles. The van der Waals surface area contributed by atoms with E-state index in [0.29, 0.717) is 32.3 Å². The zero-order chi connectivity index (χ0) is 16.5. The number of halogens is 1. The molecule has 1 heterocycles. The SMILES string of the molecule is CCOCCOc1cc(C)ccc1CN=C(N)N1CCSCC1.I. The fourth-order valence-electron chi connectivity index (χ4n) is 2.34. The summed E-state index contributed by atoms with van der Waals surface area (Å²) in [7, 11) is 0. The van der Waals surface area contributed by atoms with E-state index in [2.05, 4.69) is 28.9 Å². The van der Waals surface area contributed by atoms with Gasteiger partial charge in [-0.25, -0.2) is 4.99 Å². The van der Waals surface area contributed by atoms with Crippen molar-refractivity contribution in [2.45, 2.75) is 20.4 Å². The Balaban J connectivity index is 0.00000288. The van der Waals surface area contributed by atoms with Crippen molar-refractivity contribution < 1.29 is 9.47 Å². The number of nitrogens with two attached hydrogens (primary N) is 1. The van der Waals surface area contributed by atoms with Crippen LogP contribution in [0, 0.1) is 6.92 Å². The molecule has 2 rings (SSSR count). The molecular weight excluding hydrogens is 437 g/mol. The van der Waals surface area contributed by atoms with Gasteiger partial charge in [0.2, 0.25) is 0 Å². The zero-order valence-corrected chi connectivity index (χ0v) is 17.6. The van der Waals surface area contributed by atoms with Gasteiger partial charge in [-0.3, -0.25) is 0 Å². The topological polar surface area (TPSA) is 60.1 Å². The van der Waals surface area contributed by atoms with Crippen molar-refractivity contribution >= 4 is 41.7 Å². The van der Waals surface area contributed by atoms with Crippen molar-refractivity contribution in [1.29, 1.82) is 0 Å². The molecule has 0 aliphatic carbocycles. The predicted octanol–water partition coefficient (Wildman–Crippen LogP) is 2.89. The van der Waals surface area contributed by atoms with Crippen LogP contribution in [0.15, 0.2) is 23.2 Å². The van der Waals surface area contributed by atoms with Crippen molar-refractivity contribution in [2.24, 2.45) is 10.7 Å². The van der Waals surface area contributed by atoms with E-state index in [1.807, 2.05) is 24.8 Å². The molecular formula is C17H28IN3O2S. The summed E-state index contributed by atoms with van der Waals surface area (Å²) in [5.41, 5.74) is 8.35. The summed E-state index contributed by atoms with van der Waals surface area (Å²) < 4.78 is 11.2. The minimum Gasteiger partial charge on any atom is -0.491 e. The number of rotatable bonds is 7. The first kappa shape index (κ1) is 21.4. The van der Waals surface area contributed by atoms with Gasteiger partial charge in [0.05, 0.1) is 13.2 Å². The van der Waals surface area contributed by atoms with Gasteiger partial charge in [-0.2, -0.15) is 11.8 Å². The molecule has 0 amide bonds. The maximum atomic E-state index is 6.12. The normalized spacial score (nSPS) is 15.1. The van der Waals surface area contributed by atoms with Crippen molar-refractivity contribution in [3.8, 4) is 5.75 Å². The zero-order valence-electron chi connectivity index (χ0n) is 14.5. The van der Waals surface area contributed by atoms with Crippen LogP contribution in [0.5, 0.6) is 5.75 Å². The molecule has 5 nitrogen and oxygen atoms in total. The second-order valence-electron chi connectivity index (χ2n) is 5.43. The number of nitrogens with zero attached hydrogens (tertiary/aromatic N) is 2. The van der Waals surface area contributed by atoms with Crippen molar-refractivity contribution in [3.63, 3.8) is 0 Å². The van der Waals surface area contributed by atoms with Crippen LogP contribution in [0.4, 0.5) is 0 Å². The fourth-order valence-corrected chi connectivity index (χ4v) is 3.24. The van der Waals surface area contributed by atoms with Gasteiger partial charge in [0, 0.05) is 36.8 Å². The van der Waals surface area contributed by atoms with Crippen LogP contribution in [-0.4, -0.2) is 55.3 Å². The van der Waals surface area contributed by atoms with Gasteiger partial charge in [-0.1, -0.05) is 12.1 Å². The summed E-state index contributed by atoms with van der Waals surface area (Å²) in [5, 5.41) is 0. The molecule has 0 saturated carbocycles. The quantitative estimate of drug-likeness (QED) is 0.291. The van der Waals surface area contributed by atoms with E-state index in [4.69, 9.17) is 15.2 Å². The van der Waals surface area contributed by atoms with Gasteiger partial charge in [-0.05, 0) is 25.5 Å². The Labute approximate surface area is 166 Å². The lowest BCUT2D eigenvalue weighted by molar-refractivity contribution is 0.110. The van der Waals surface area contributed by atoms with E-state index < -0.39 is 0 Å². The monoisotopic (exact) mass is 465 g/mol. The lowest BCUT2D eigenvalue weighted by atomic mass is 10.1. The van der Waals surface area contributed by atoms with Crippen LogP contribution >= 0.6 is 35.7 Å². The molecule has 24 heavy (non-hydrogen) atoms. The minimum atomic E-state index is 0. The summed E-state index contributed by atoms with van der Waals surface area (Å²) in [6, 6.07) is 6.19. The Morgan fingerprint density at radius 1 is 1.29 bits per heavy atom. The highest BCUT2D eigenvalue weighted by atomic mass is 127. The minimum absolute atomic E-state index is 0. The van der Waals surface area contributed by atoms with Gasteiger partial charge >= 0.3 is 0 Å². The fraction of sp³-hybridized carbons (Fsp3) is 0.588. The highest BCUT2D eigenvalue weighted by Crippen LogP contribution is 2.21. The summed E-state index contributed by atoms with van der Waals surface area (Å²) in [5.74, 6) is 3.74. The molecule has 0 radical (unpaired) electrons. The molecule has 7 heteroatoms. The lowest BCUT2D eigenvalue weighted by Gasteiger charge is -2.27. The number of benzene rings is 1. The van der Waals surface area contributed by atoms with Crippen LogP contribution in [0.1, 0.15) is 18.1 Å². The molecule has 1 aliphatic rings. The summed E-state index contributed by atoms with van der Waals surface area (Å²) in [6.45, 7) is 8.39. The molecule has 0 unspecified atom stereocenters. The van der Waals surface area contributed by atoms with E-state index in [-0.39, 0.29) is 24.0 Å². The first-order valence-corrected chi connectivity index (χ1v) is 9.29. The van der Waals surface area contributed by atoms with E-state index in [1.165, 1.54) is 5.56 Å². The average molecular weight is 465 g/mol. The Bertz CT molecular complexity index is 523. The molecule has 136 valence electrons. The molecule has 1 aliphatic heterocycles. The van der Waals surface area contributed by atoms with Crippen LogP contribution in [0.2, 0.25) is 0 Å². The van der Waals surface area contributed by atoms with Crippen LogP contribution in [0.3, 0.4) is 0 Å². The molecule has 0 spiro atoms. The van der Waals surface area contributed by atoms with Crippen LogP contribution in [-0.2, 0) is 11.3 Å². The molecule has 0 atom stereocenters. The first-order chi connectivity index (χ1) is 11.2. The van der Waals surface area contributed by atoms with Gasteiger partial charge in [-0.15, -0.1) is 24.0 Å². The number of hydrogen-bond acceptors (Lipinski definition) is 4. The second kappa shape index (κ2) is 11.8. The average Bonchev–Trinajstić information content (AvgIpc) is 2.58. The van der Waals surface area contributed by atoms with E-state index in [9.17, 15) is 0 Å². The van der Waals surface area contributed by atoms with E-state index in [1.54, 1.807) is 0 Å². The molecule has 2 N–H and O–H groups in total. The van der Waals surface area contributed by atoms with Gasteiger partial charge in [0.25, 0.3) is 0 Å². The lowest BCUT2D eigenvalue weighted by Crippen LogP contribution is -2.42. The summed E-state index contributed by atoms with van der Waals surface area (Å²) >= 11 is 1.96. The van der Waals surface area contributed by atoms with Crippen molar-refractivity contribution in [1.82, 2.24) is 4.90 Å². The number of aliphatic imine (C=N–C) groups is 1. The maximum absolute atomic E-state index is 6.12. The largest absolute Gasteiger partial charge is 0.491 e. The van der Waals surface area contributed by atoms with Crippen molar-refractivity contribution in [2.75, 3.05) is 44.4 Å². The van der Waals surface area contributed by atoms with Gasteiger partial charge in [0.1, 0.15) is 12.4 Å². The number of thioether (sulfide) groups is 1. The smallest absolute Gasteiger partial charge is 0.191 e. The Hall–Kier alpha value is -0.670. The first-order valence-electron chi connectivity index (χ1n) is 8.13. The molecule has 1 aromatic rings. The Morgan fingerprint density at radius 2 is 2.04 bits per heavy atom. The third-order valence-corrected chi connectivity index (χ3v) is 4.60. The summed E-state index contributed by atoms with van der Waals surface area (Å²) in [4.78, 5) is 6.71. The van der Waals surface area contributed by atoms with Crippen LogP contribution < -0.4 is 10.5 Å². The van der Waals surface area contributed by atoms with E-state index >= 15 is 0 Å². The Morgan fingerprint density at radius 3 is 2.75 bits per heavy atom. The third kappa shape index (κ3) is 7.06. The van der Waals surface area contributed by atoms with Crippen LogP contribution in [0.25, 0.3) is 0 Å². The van der Waals surface area contributed by atoms with E-state index in [0.717, 1.165) is 35.9 Å². The molecule has 1 fully saturated rings. The van der Waals surface area contributed by atoms with Crippen molar-refractivity contribution in [3.05, 3.63) is 29.3 Å². The third-order valence-electron chi connectivity index (χ3n) is 3.66. The number of aryl methyl sites for hydroxylation is 1. The molecule has 0 bridgehead atoms. The number of hydrogen-bond donors (Lipinski definition) is 1. The predicted molar refractivity (Wildman–Crippen MR) is 113 cm³/mol. The number of guanidine groups is 1. The molecule has 0 aromatic heterocycles. The summed E-state index contributed by atoms with van der Waals surface area (Å²) in [6.07, 6.45) is 0. The highest BCUT2D eigenvalue weighted by Gasteiger charge is 2.12. The highest BCUT2D eigenvalue weighted by molar-refractivity contribution is 14.0. The Kier molecular flexibility index (Phi) is 10.5. The second-order valence-corrected chi connectivity index (χ2v) is 6.66. The van der Waals surface area contributed by atoms with Gasteiger partial charge in [0.15, 0.2) is 5.96 Å². The standard InChI is InChI=1S/C17H27N3O2S.HI/c1-3-21-8-9-22-16-12-14(2)4-5-15(16)13-19-17(18)20-6-10-23-11-7-20;/h4-5,12H,3,6-11,13H2,1-2H3,(H2,18,19);1H. The van der Waals surface area contributed by atoms with Gasteiger partial charge < -0.3 is 20.1 Å².